The van der Waals surface area contributed by atoms with Crippen LogP contribution < -0.4 is 10.5 Å². The lowest BCUT2D eigenvalue weighted by molar-refractivity contribution is 0.101. The first-order valence-corrected chi connectivity index (χ1v) is 5.64. The number of nitrogens with two attached hydrogens (primary N) is 1. The van der Waals surface area contributed by atoms with Gasteiger partial charge in [-0.1, -0.05) is 0 Å². The number of hydrogen-bond acceptors (Lipinski definition) is 4. The van der Waals surface area contributed by atoms with E-state index in [-0.39, 0.29) is 11.5 Å². The van der Waals surface area contributed by atoms with Gasteiger partial charge >= 0.3 is 0 Å². The maximum absolute atomic E-state index is 13.2. The Bertz CT molecular complexity index is 641. The van der Waals surface area contributed by atoms with Crippen molar-refractivity contribution >= 4 is 11.5 Å². The van der Waals surface area contributed by atoms with Gasteiger partial charge in [-0.15, -0.1) is 0 Å². The Morgan fingerprint density at radius 1 is 1.32 bits per heavy atom. The highest BCUT2D eigenvalue weighted by molar-refractivity contribution is 5.93. The number of nitrogens with zero attached hydrogens (tertiary/aromatic N) is 1. The number of pyridine rings is 1. The minimum Gasteiger partial charge on any atom is -0.494 e. The molecular weight excluding hydrogens is 247 g/mol. The van der Waals surface area contributed by atoms with Gasteiger partial charge in [-0.05, 0) is 30.3 Å². The molecule has 4 nitrogen and oxygen atoms in total. The molecule has 1 aromatic carbocycles. The highest BCUT2D eigenvalue weighted by Crippen LogP contribution is 2.30. The fourth-order valence-electron chi connectivity index (χ4n) is 1.71. The number of Topliss-reactive ketones (excluding diaryl/α,β-unsaturated/α-hetero) is 1. The molecule has 1 aromatic heterocycles. The van der Waals surface area contributed by atoms with E-state index in [1.54, 1.807) is 18.2 Å². The van der Waals surface area contributed by atoms with E-state index in [4.69, 9.17) is 10.5 Å². The van der Waals surface area contributed by atoms with Gasteiger partial charge in [-0.25, -0.2) is 9.37 Å². The van der Waals surface area contributed by atoms with Crippen molar-refractivity contribution in [3.63, 3.8) is 0 Å². The van der Waals surface area contributed by atoms with Gasteiger partial charge in [-0.2, -0.15) is 0 Å². The molecule has 0 unspecified atom stereocenters. The maximum atomic E-state index is 13.2. The lowest BCUT2D eigenvalue weighted by Gasteiger charge is -2.09. The third-order valence-electron chi connectivity index (χ3n) is 2.71. The average molecular weight is 260 g/mol. The van der Waals surface area contributed by atoms with E-state index in [2.05, 4.69) is 4.98 Å². The first kappa shape index (κ1) is 13.0. The van der Waals surface area contributed by atoms with Crippen LogP contribution >= 0.6 is 0 Å². The van der Waals surface area contributed by atoms with Crippen LogP contribution in [-0.2, 0) is 0 Å². The molecule has 0 fully saturated rings. The molecule has 0 aliphatic heterocycles. The minimum absolute atomic E-state index is 0.0228. The van der Waals surface area contributed by atoms with Crippen LogP contribution in [0.2, 0.25) is 0 Å². The zero-order chi connectivity index (χ0) is 14.0. The first-order valence-electron chi connectivity index (χ1n) is 5.64. The van der Waals surface area contributed by atoms with E-state index < -0.39 is 5.82 Å². The summed E-state index contributed by atoms with van der Waals surface area (Å²) in [6.45, 7) is 1.43. The lowest BCUT2D eigenvalue weighted by atomic mass is 10.1. The van der Waals surface area contributed by atoms with Crippen LogP contribution in [0, 0.1) is 5.82 Å². The fraction of sp³-hybridized carbons (Fsp3) is 0.143. The van der Waals surface area contributed by atoms with Crippen molar-refractivity contribution in [2.75, 3.05) is 12.8 Å². The number of hydrogen-bond donors (Lipinski definition) is 1. The number of ether oxygens (including phenoxy) is 1. The van der Waals surface area contributed by atoms with Crippen molar-refractivity contribution in [1.82, 2.24) is 4.98 Å². The van der Waals surface area contributed by atoms with Crippen LogP contribution in [0.5, 0.6) is 5.75 Å². The fourth-order valence-corrected chi connectivity index (χ4v) is 1.71. The van der Waals surface area contributed by atoms with Crippen molar-refractivity contribution < 1.29 is 13.9 Å². The van der Waals surface area contributed by atoms with Crippen LogP contribution in [0.3, 0.4) is 0 Å². The molecule has 2 rings (SSSR count). The van der Waals surface area contributed by atoms with Crippen LogP contribution in [0.1, 0.15) is 17.4 Å². The molecule has 19 heavy (non-hydrogen) atoms. The number of carbonyl (C=O) groups excluding carboxylic acids is 1. The number of anilines is 1. The molecule has 2 N–H and O–H groups in total. The Labute approximate surface area is 110 Å². The van der Waals surface area contributed by atoms with Crippen molar-refractivity contribution in [3.05, 3.63) is 41.8 Å². The second kappa shape index (κ2) is 5.06. The lowest BCUT2D eigenvalue weighted by Crippen LogP contribution is -2.01. The molecule has 5 heteroatoms. The number of rotatable bonds is 3. The minimum atomic E-state index is -0.495. The van der Waals surface area contributed by atoms with Crippen molar-refractivity contribution in [1.29, 1.82) is 0 Å². The van der Waals surface area contributed by atoms with Crippen molar-refractivity contribution in [2.24, 2.45) is 0 Å². The van der Waals surface area contributed by atoms with E-state index in [1.165, 1.54) is 26.2 Å². The molecule has 0 aliphatic carbocycles. The molecule has 0 atom stereocenters. The molecule has 0 bridgehead atoms. The Morgan fingerprint density at radius 3 is 2.63 bits per heavy atom. The summed E-state index contributed by atoms with van der Waals surface area (Å²) in [5.74, 6) is -0.152. The molecule has 0 aliphatic rings. The Kier molecular flexibility index (Phi) is 3.46. The van der Waals surface area contributed by atoms with Gasteiger partial charge in [0.05, 0.1) is 12.8 Å². The topological polar surface area (TPSA) is 65.2 Å². The van der Waals surface area contributed by atoms with Crippen molar-refractivity contribution in [2.45, 2.75) is 6.92 Å². The SMILES string of the molecule is COc1ccc(C(C)=O)nc1-c1ccc(F)c(N)c1. The Morgan fingerprint density at radius 2 is 2.05 bits per heavy atom. The summed E-state index contributed by atoms with van der Waals surface area (Å²) in [6.07, 6.45) is 0. The molecule has 0 saturated heterocycles. The van der Waals surface area contributed by atoms with Gasteiger partial charge in [0, 0.05) is 12.5 Å². The molecular formula is C14H13FN2O2. The zero-order valence-electron chi connectivity index (χ0n) is 10.6. The molecule has 2 aromatic rings. The molecule has 0 saturated carbocycles. The number of methoxy groups -OCH3 is 1. The standard InChI is InChI=1S/C14H13FN2O2/c1-8(18)12-5-6-13(19-2)14(17-12)9-3-4-10(15)11(16)7-9/h3-7H,16H2,1-2H3. The maximum Gasteiger partial charge on any atom is 0.178 e. The summed E-state index contributed by atoms with van der Waals surface area (Å²) in [4.78, 5) is 15.6. The number of benzene rings is 1. The van der Waals surface area contributed by atoms with Crippen molar-refractivity contribution in [3.8, 4) is 17.0 Å². The average Bonchev–Trinajstić information content (AvgIpc) is 2.41. The molecule has 1 heterocycles. The van der Waals surface area contributed by atoms with Gasteiger partial charge in [0.2, 0.25) is 0 Å². The number of aromatic nitrogens is 1. The summed E-state index contributed by atoms with van der Waals surface area (Å²) >= 11 is 0. The number of ketones is 1. The van der Waals surface area contributed by atoms with E-state index in [0.29, 0.717) is 22.7 Å². The van der Waals surface area contributed by atoms with Crippen LogP contribution in [0.25, 0.3) is 11.3 Å². The first-order chi connectivity index (χ1) is 9.02. The largest absolute Gasteiger partial charge is 0.494 e. The molecule has 98 valence electrons. The molecule has 0 spiro atoms. The summed E-state index contributed by atoms with van der Waals surface area (Å²) < 4.78 is 18.4. The van der Waals surface area contributed by atoms with E-state index >= 15 is 0 Å². The number of nitrogen functional groups attached to an aromatic ring is 1. The van der Waals surface area contributed by atoms with E-state index in [1.807, 2.05) is 0 Å². The highest BCUT2D eigenvalue weighted by Gasteiger charge is 2.12. The summed E-state index contributed by atoms with van der Waals surface area (Å²) in [7, 11) is 1.50. The Balaban J connectivity index is 2.61. The quantitative estimate of drug-likeness (QED) is 0.680. The number of carbonyl (C=O) groups is 1. The van der Waals surface area contributed by atoms with E-state index in [0.717, 1.165) is 0 Å². The zero-order valence-corrected chi connectivity index (χ0v) is 10.6. The molecule has 0 radical (unpaired) electrons. The Hall–Kier alpha value is -2.43. The third-order valence-corrected chi connectivity index (χ3v) is 2.71. The summed E-state index contributed by atoms with van der Waals surface area (Å²) in [6, 6.07) is 7.49. The summed E-state index contributed by atoms with van der Waals surface area (Å²) in [5, 5.41) is 0. The normalized spacial score (nSPS) is 10.3. The predicted molar refractivity (Wildman–Crippen MR) is 70.6 cm³/mol. The van der Waals surface area contributed by atoms with Gasteiger partial charge in [0.1, 0.15) is 23.0 Å². The number of halogens is 1. The van der Waals surface area contributed by atoms with Gasteiger partial charge in [0.15, 0.2) is 5.78 Å². The van der Waals surface area contributed by atoms with Crippen LogP contribution in [0.4, 0.5) is 10.1 Å². The monoisotopic (exact) mass is 260 g/mol. The highest BCUT2D eigenvalue weighted by atomic mass is 19.1. The molecule has 0 amide bonds. The second-order valence-corrected chi connectivity index (χ2v) is 4.04. The smallest absolute Gasteiger partial charge is 0.178 e. The summed E-state index contributed by atoms with van der Waals surface area (Å²) in [5.41, 5.74) is 6.93. The van der Waals surface area contributed by atoms with Gasteiger partial charge in [-0.3, -0.25) is 4.79 Å². The van der Waals surface area contributed by atoms with Gasteiger partial charge in [0.25, 0.3) is 0 Å². The van der Waals surface area contributed by atoms with Gasteiger partial charge < -0.3 is 10.5 Å². The van der Waals surface area contributed by atoms with Crippen LogP contribution in [-0.4, -0.2) is 17.9 Å². The third kappa shape index (κ3) is 2.54. The predicted octanol–water partition coefficient (Wildman–Crippen LogP) is 2.68. The second-order valence-electron chi connectivity index (χ2n) is 4.04. The van der Waals surface area contributed by atoms with E-state index in [9.17, 15) is 9.18 Å². The van der Waals surface area contributed by atoms with Crippen LogP contribution in [0.15, 0.2) is 30.3 Å².